The molecule has 0 heterocycles. The summed E-state index contributed by atoms with van der Waals surface area (Å²) in [4.78, 5) is 0. The predicted molar refractivity (Wildman–Crippen MR) is 83.0 cm³/mol. The lowest BCUT2D eigenvalue weighted by atomic mass is 9.56. The summed E-state index contributed by atoms with van der Waals surface area (Å²) in [6.07, 6.45) is 7.69. The summed E-state index contributed by atoms with van der Waals surface area (Å²) >= 11 is 2.23. The van der Waals surface area contributed by atoms with Gasteiger partial charge in [0.1, 0.15) is 0 Å². The van der Waals surface area contributed by atoms with Crippen LogP contribution in [-0.4, -0.2) is 5.25 Å². The number of hydrogen-bond donors (Lipinski definition) is 1. The molecule has 5 rings (SSSR count). The molecule has 19 heavy (non-hydrogen) atoms. The summed E-state index contributed by atoms with van der Waals surface area (Å²) in [7, 11) is 0. The van der Waals surface area contributed by atoms with Gasteiger partial charge < -0.3 is 5.73 Å². The molecule has 2 heteroatoms. The number of thioether (sulfide) groups is 1. The molecule has 0 unspecified atom stereocenters. The number of nitrogens with two attached hydrogens (primary N) is 1. The van der Waals surface area contributed by atoms with Gasteiger partial charge in [-0.05, 0) is 73.5 Å². The highest BCUT2D eigenvalue weighted by Crippen LogP contribution is 2.57. The Bertz CT molecular complexity index is 425. The van der Waals surface area contributed by atoms with Gasteiger partial charge in [-0.2, -0.15) is 11.8 Å². The number of hydrogen-bond acceptors (Lipinski definition) is 2. The van der Waals surface area contributed by atoms with E-state index >= 15 is 0 Å². The van der Waals surface area contributed by atoms with E-state index in [4.69, 9.17) is 5.73 Å². The molecule has 0 aliphatic heterocycles. The van der Waals surface area contributed by atoms with E-state index in [1.165, 1.54) is 37.0 Å². The standard InChI is InChI=1S/C17H23NS/c18-16-3-1-11(2-4-16)10-19-17-14-6-12-5-13(8-14)9-15(17)7-12/h1-4,12-15,17H,5-10,18H2. The van der Waals surface area contributed by atoms with E-state index in [2.05, 4.69) is 23.9 Å². The van der Waals surface area contributed by atoms with Crippen LogP contribution in [0.1, 0.15) is 37.7 Å². The summed E-state index contributed by atoms with van der Waals surface area (Å²) in [5, 5.41) is 0.949. The van der Waals surface area contributed by atoms with Gasteiger partial charge in [-0.3, -0.25) is 0 Å². The van der Waals surface area contributed by atoms with Crippen LogP contribution in [0.4, 0.5) is 5.69 Å². The molecule has 0 atom stereocenters. The minimum absolute atomic E-state index is 0.878. The molecule has 0 saturated heterocycles. The van der Waals surface area contributed by atoms with Crippen LogP contribution >= 0.6 is 11.8 Å². The third-order valence-electron chi connectivity index (χ3n) is 5.56. The molecular formula is C17H23NS. The van der Waals surface area contributed by atoms with Crippen molar-refractivity contribution in [2.75, 3.05) is 5.73 Å². The lowest BCUT2D eigenvalue weighted by molar-refractivity contribution is 0.0267. The summed E-state index contributed by atoms with van der Waals surface area (Å²) in [5.41, 5.74) is 8.07. The third-order valence-corrected chi connectivity index (χ3v) is 7.22. The molecular weight excluding hydrogens is 250 g/mol. The largest absolute Gasteiger partial charge is 0.399 e. The highest BCUT2D eigenvalue weighted by Gasteiger charge is 2.48. The molecule has 4 aliphatic carbocycles. The van der Waals surface area contributed by atoms with Crippen molar-refractivity contribution in [2.45, 2.75) is 43.1 Å². The maximum Gasteiger partial charge on any atom is 0.0314 e. The van der Waals surface area contributed by atoms with Gasteiger partial charge >= 0.3 is 0 Å². The zero-order valence-corrected chi connectivity index (χ0v) is 12.2. The van der Waals surface area contributed by atoms with Gasteiger partial charge in [0, 0.05) is 16.7 Å². The maximum atomic E-state index is 5.75. The number of benzene rings is 1. The minimum atomic E-state index is 0.878. The second-order valence-corrected chi connectivity index (χ2v) is 8.11. The first-order valence-corrected chi connectivity index (χ1v) is 8.79. The fourth-order valence-electron chi connectivity index (χ4n) is 4.95. The number of rotatable bonds is 3. The highest BCUT2D eigenvalue weighted by atomic mass is 32.2. The van der Waals surface area contributed by atoms with E-state index < -0.39 is 0 Å². The van der Waals surface area contributed by atoms with E-state index in [0.29, 0.717) is 0 Å². The molecule has 1 nitrogen and oxygen atoms in total. The van der Waals surface area contributed by atoms with Crippen LogP contribution in [0, 0.1) is 23.7 Å². The quantitative estimate of drug-likeness (QED) is 0.830. The molecule has 1 aromatic rings. The molecule has 0 amide bonds. The molecule has 4 fully saturated rings. The fourth-order valence-corrected chi connectivity index (χ4v) is 6.52. The first-order chi connectivity index (χ1) is 9.28. The molecule has 4 aliphatic rings. The number of anilines is 1. The summed E-state index contributed by atoms with van der Waals surface area (Å²) in [5.74, 6) is 5.43. The lowest BCUT2D eigenvalue weighted by Gasteiger charge is -2.54. The van der Waals surface area contributed by atoms with Crippen LogP contribution in [0.15, 0.2) is 24.3 Å². The molecule has 102 valence electrons. The summed E-state index contributed by atoms with van der Waals surface area (Å²) in [6, 6.07) is 8.45. The van der Waals surface area contributed by atoms with Gasteiger partial charge in [0.2, 0.25) is 0 Å². The molecule has 4 saturated carbocycles. The van der Waals surface area contributed by atoms with Gasteiger partial charge in [-0.25, -0.2) is 0 Å². The Kier molecular flexibility index (Phi) is 3.02. The normalized spacial score (nSPS) is 39.7. The van der Waals surface area contributed by atoms with Crippen molar-refractivity contribution in [3.8, 4) is 0 Å². The second kappa shape index (κ2) is 4.73. The molecule has 0 spiro atoms. The van der Waals surface area contributed by atoms with Crippen LogP contribution in [-0.2, 0) is 5.75 Å². The Hall–Kier alpha value is -0.630. The Morgan fingerprint density at radius 1 is 0.895 bits per heavy atom. The molecule has 1 aromatic carbocycles. The Morgan fingerprint density at radius 3 is 2.05 bits per heavy atom. The van der Waals surface area contributed by atoms with Crippen molar-refractivity contribution in [1.29, 1.82) is 0 Å². The smallest absolute Gasteiger partial charge is 0.0314 e. The van der Waals surface area contributed by atoms with Crippen LogP contribution in [0.25, 0.3) is 0 Å². The maximum absolute atomic E-state index is 5.75. The second-order valence-electron chi connectivity index (χ2n) is 6.95. The van der Waals surface area contributed by atoms with Gasteiger partial charge in [-0.1, -0.05) is 12.1 Å². The highest BCUT2D eigenvalue weighted by molar-refractivity contribution is 7.99. The van der Waals surface area contributed by atoms with Crippen LogP contribution < -0.4 is 5.73 Å². The van der Waals surface area contributed by atoms with Crippen LogP contribution in [0.3, 0.4) is 0 Å². The monoisotopic (exact) mass is 273 g/mol. The lowest BCUT2D eigenvalue weighted by Crippen LogP contribution is -2.46. The van der Waals surface area contributed by atoms with Crippen molar-refractivity contribution in [3.63, 3.8) is 0 Å². The third kappa shape index (κ3) is 2.29. The molecule has 4 bridgehead atoms. The molecule has 0 aromatic heterocycles. The van der Waals surface area contributed by atoms with Crippen molar-refractivity contribution < 1.29 is 0 Å². The average molecular weight is 273 g/mol. The topological polar surface area (TPSA) is 26.0 Å². The average Bonchev–Trinajstić information content (AvgIpc) is 2.39. The Balaban J connectivity index is 1.42. The first-order valence-electron chi connectivity index (χ1n) is 7.74. The molecule has 0 radical (unpaired) electrons. The molecule has 2 N–H and O–H groups in total. The zero-order valence-electron chi connectivity index (χ0n) is 11.4. The number of nitrogen functional groups attached to an aromatic ring is 1. The summed E-state index contributed by atoms with van der Waals surface area (Å²) < 4.78 is 0. The first kappa shape index (κ1) is 12.1. The van der Waals surface area contributed by atoms with E-state index in [0.717, 1.165) is 34.6 Å². The van der Waals surface area contributed by atoms with Gasteiger partial charge in [0.15, 0.2) is 0 Å². The summed E-state index contributed by atoms with van der Waals surface area (Å²) in [6.45, 7) is 0. The Morgan fingerprint density at radius 2 is 1.47 bits per heavy atom. The fraction of sp³-hybridized carbons (Fsp3) is 0.647. The van der Waals surface area contributed by atoms with E-state index in [-0.39, 0.29) is 0 Å². The van der Waals surface area contributed by atoms with Crippen molar-refractivity contribution >= 4 is 17.4 Å². The minimum Gasteiger partial charge on any atom is -0.399 e. The Labute approximate surface area is 120 Å². The van der Waals surface area contributed by atoms with Crippen molar-refractivity contribution in [3.05, 3.63) is 29.8 Å². The van der Waals surface area contributed by atoms with Crippen LogP contribution in [0.2, 0.25) is 0 Å². The van der Waals surface area contributed by atoms with E-state index in [1.807, 2.05) is 12.1 Å². The van der Waals surface area contributed by atoms with E-state index in [1.54, 1.807) is 6.42 Å². The SMILES string of the molecule is Nc1ccc(CSC2C3CC4CC(C3)CC2C4)cc1. The van der Waals surface area contributed by atoms with Gasteiger partial charge in [0.25, 0.3) is 0 Å². The van der Waals surface area contributed by atoms with E-state index in [9.17, 15) is 0 Å². The van der Waals surface area contributed by atoms with Crippen LogP contribution in [0.5, 0.6) is 0 Å². The van der Waals surface area contributed by atoms with Gasteiger partial charge in [-0.15, -0.1) is 0 Å². The van der Waals surface area contributed by atoms with Crippen molar-refractivity contribution in [2.24, 2.45) is 23.7 Å². The zero-order chi connectivity index (χ0) is 12.8. The van der Waals surface area contributed by atoms with Gasteiger partial charge in [0.05, 0.1) is 0 Å². The van der Waals surface area contributed by atoms with Crippen molar-refractivity contribution in [1.82, 2.24) is 0 Å². The predicted octanol–water partition coefficient (Wildman–Crippen LogP) is 4.33.